The van der Waals surface area contributed by atoms with Crippen LogP contribution in [-0.4, -0.2) is 29.2 Å². The zero-order valence-electron chi connectivity index (χ0n) is 17.5. The lowest BCUT2D eigenvalue weighted by Gasteiger charge is -2.33. The van der Waals surface area contributed by atoms with E-state index in [-0.39, 0.29) is 23.6 Å². The number of carbonyl (C=O) groups is 1. The second-order valence-corrected chi connectivity index (χ2v) is 7.74. The number of carbonyl (C=O) groups excluding carboxylic acids is 1. The van der Waals surface area contributed by atoms with Crippen molar-refractivity contribution in [1.82, 2.24) is 0 Å². The van der Waals surface area contributed by atoms with Crippen LogP contribution >= 0.6 is 0 Å². The van der Waals surface area contributed by atoms with Crippen molar-refractivity contribution >= 4 is 17.4 Å². The minimum absolute atomic E-state index is 0.0824. The van der Waals surface area contributed by atoms with Crippen LogP contribution in [0.25, 0.3) is 0 Å². The van der Waals surface area contributed by atoms with Crippen molar-refractivity contribution in [3.8, 4) is 0 Å². The molecular weight excluding hydrogens is 481 g/mol. The first-order valence-electron chi connectivity index (χ1n) is 10.0. The Bertz CT molecular complexity index is 1270. The topological polar surface area (TPSA) is 52.9 Å². The van der Waals surface area contributed by atoms with Gasteiger partial charge in [-0.05, 0) is 42.0 Å². The lowest BCUT2D eigenvalue weighted by Crippen LogP contribution is -2.53. The molecule has 0 atom stereocenters. The van der Waals surface area contributed by atoms with Gasteiger partial charge in [-0.25, -0.2) is 4.39 Å². The fourth-order valence-electron chi connectivity index (χ4n) is 3.72. The second kappa shape index (κ2) is 8.49. The lowest BCUT2D eigenvalue weighted by atomic mass is 9.92. The van der Waals surface area contributed by atoms with Gasteiger partial charge in [-0.15, -0.1) is 0 Å². The number of amides is 1. The molecule has 0 radical (unpaired) electrons. The fourth-order valence-corrected chi connectivity index (χ4v) is 3.72. The number of aliphatic imine (C=N–C) groups is 1. The maximum absolute atomic E-state index is 13.2. The number of hydrogen-bond acceptors (Lipinski definition) is 2. The molecular formula is C24H15F7N2O2. The number of benzene rings is 3. The zero-order valence-corrected chi connectivity index (χ0v) is 17.5. The minimum atomic E-state index is -6.01. The number of nitrogens with zero attached hydrogens (tertiary/aromatic N) is 2. The predicted molar refractivity (Wildman–Crippen MR) is 112 cm³/mol. The summed E-state index contributed by atoms with van der Waals surface area (Å²) in [6, 6.07) is 14.4. The molecule has 1 aliphatic rings. The standard InChI is InChI=1S/C24H15F7N2O2/c25-17-9-5-14(6-10-17)21(34)32-20-19-4-2-1-3-15(19)13-33(20)18-11-7-16(8-12-18)22(35,23(26,27)28)24(29,30)31/h1-12,35H,13H2. The molecule has 0 aliphatic carbocycles. The van der Waals surface area contributed by atoms with E-state index in [0.717, 1.165) is 24.3 Å². The van der Waals surface area contributed by atoms with Gasteiger partial charge in [0.2, 0.25) is 0 Å². The summed E-state index contributed by atoms with van der Waals surface area (Å²) in [4.78, 5) is 18.2. The van der Waals surface area contributed by atoms with E-state index in [1.165, 1.54) is 17.0 Å². The zero-order chi connectivity index (χ0) is 25.6. The van der Waals surface area contributed by atoms with E-state index in [0.29, 0.717) is 23.3 Å². The molecule has 4 rings (SSSR count). The number of amidine groups is 1. The molecule has 1 aliphatic heterocycles. The summed E-state index contributed by atoms with van der Waals surface area (Å²) in [5, 5.41) is 9.61. The Labute approximate surface area is 193 Å². The number of anilines is 1. The highest BCUT2D eigenvalue weighted by Gasteiger charge is 2.71. The van der Waals surface area contributed by atoms with Gasteiger partial charge in [0.25, 0.3) is 11.5 Å². The molecule has 0 unspecified atom stereocenters. The van der Waals surface area contributed by atoms with Gasteiger partial charge in [-0.3, -0.25) is 4.79 Å². The van der Waals surface area contributed by atoms with Crippen LogP contribution in [-0.2, 0) is 12.1 Å². The largest absolute Gasteiger partial charge is 0.430 e. The number of fused-ring (bicyclic) bond motifs is 1. The maximum atomic E-state index is 13.2. The highest BCUT2D eigenvalue weighted by Crippen LogP contribution is 2.50. The Hall–Kier alpha value is -3.73. The third-order valence-corrected chi connectivity index (χ3v) is 5.56. The summed E-state index contributed by atoms with van der Waals surface area (Å²) in [5.74, 6) is -1.16. The summed E-state index contributed by atoms with van der Waals surface area (Å²) >= 11 is 0. The number of rotatable bonds is 3. The smallest absolute Gasteiger partial charge is 0.369 e. The molecule has 0 saturated heterocycles. The second-order valence-electron chi connectivity index (χ2n) is 7.74. The van der Waals surface area contributed by atoms with Crippen LogP contribution < -0.4 is 4.90 Å². The molecule has 182 valence electrons. The van der Waals surface area contributed by atoms with E-state index >= 15 is 0 Å². The van der Waals surface area contributed by atoms with Gasteiger partial charge in [0.1, 0.15) is 11.7 Å². The predicted octanol–water partition coefficient (Wildman–Crippen LogP) is 5.75. The van der Waals surface area contributed by atoms with Crippen LogP contribution in [0.5, 0.6) is 0 Å². The molecule has 0 spiro atoms. The van der Waals surface area contributed by atoms with Crippen molar-refractivity contribution in [1.29, 1.82) is 0 Å². The molecule has 0 bridgehead atoms. The lowest BCUT2D eigenvalue weighted by molar-refractivity contribution is -0.376. The van der Waals surface area contributed by atoms with Crippen LogP contribution in [0.1, 0.15) is 27.0 Å². The van der Waals surface area contributed by atoms with Crippen LogP contribution in [0.2, 0.25) is 0 Å². The van der Waals surface area contributed by atoms with E-state index in [1.807, 2.05) is 0 Å². The molecule has 4 nitrogen and oxygen atoms in total. The first kappa shape index (κ1) is 24.4. The third kappa shape index (κ3) is 4.27. The summed E-state index contributed by atoms with van der Waals surface area (Å²) in [7, 11) is 0. The first-order valence-corrected chi connectivity index (χ1v) is 10.0. The Morgan fingerprint density at radius 1 is 0.829 bits per heavy atom. The van der Waals surface area contributed by atoms with Crippen molar-refractivity contribution < 1.29 is 40.6 Å². The summed E-state index contributed by atoms with van der Waals surface area (Å²) in [5.41, 5.74) is -4.99. The van der Waals surface area contributed by atoms with Crippen LogP contribution in [0, 0.1) is 5.82 Å². The van der Waals surface area contributed by atoms with Crippen LogP contribution in [0.3, 0.4) is 0 Å². The van der Waals surface area contributed by atoms with Gasteiger partial charge in [-0.1, -0.05) is 36.4 Å². The van der Waals surface area contributed by atoms with E-state index in [2.05, 4.69) is 4.99 Å². The Balaban J connectivity index is 1.74. The van der Waals surface area contributed by atoms with Gasteiger partial charge in [0, 0.05) is 22.4 Å². The Morgan fingerprint density at radius 2 is 1.40 bits per heavy atom. The normalized spacial score (nSPS) is 15.4. The van der Waals surface area contributed by atoms with Crippen molar-refractivity contribution in [2.24, 2.45) is 4.99 Å². The maximum Gasteiger partial charge on any atom is 0.430 e. The summed E-state index contributed by atoms with van der Waals surface area (Å²) in [6.45, 7) is 0.133. The number of alkyl halides is 6. The molecule has 11 heteroatoms. The molecule has 1 heterocycles. The SMILES string of the molecule is O=C(N=C1c2ccccc2CN1c1ccc(C(O)(C(F)(F)F)C(F)(F)F)cc1)c1ccc(F)cc1. The summed E-state index contributed by atoms with van der Waals surface area (Å²) in [6.07, 6.45) is -12.0. The van der Waals surface area contributed by atoms with E-state index in [9.17, 15) is 40.6 Å². The van der Waals surface area contributed by atoms with Crippen molar-refractivity contribution in [2.45, 2.75) is 24.5 Å². The first-order chi connectivity index (χ1) is 16.3. The average Bonchev–Trinajstić information content (AvgIpc) is 3.16. The van der Waals surface area contributed by atoms with E-state index in [4.69, 9.17) is 0 Å². The molecule has 0 fully saturated rings. The third-order valence-electron chi connectivity index (χ3n) is 5.56. The van der Waals surface area contributed by atoms with Gasteiger partial charge >= 0.3 is 12.4 Å². The molecule has 3 aromatic carbocycles. The fraction of sp³-hybridized carbons (Fsp3) is 0.167. The highest BCUT2D eigenvalue weighted by atomic mass is 19.4. The molecule has 1 N–H and O–H groups in total. The molecule has 0 saturated carbocycles. The Kier molecular flexibility index (Phi) is 5.92. The molecule has 35 heavy (non-hydrogen) atoms. The summed E-state index contributed by atoms with van der Waals surface area (Å²) < 4.78 is 92.4. The minimum Gasteiger partial charge on any atom is -0.369 e. The number of aliphatic hydroxyl groups is 1. The van der Waals surface area contributed by atoms with Crippen molar-refractivity contribution in [3.63, 3.8) is 0 Å². The average molecular weight is 496 g/mol. The van der Waals surface area contributed by atoms with Gasteiger partial charge in [0.15, 0.2) is 0 Å². The molecule has 0 aromatic heterocycles. The Morgan fingerprint density at radius 3 is 1.97 bits per heavy atom. The van der Waals surface area contributed by atoms with Gasteiger partial charge in [0.05, 0.1) is 6.54 Å². The van der Waals surface area contributed by atoms with Gasteiger partial charge < -0.3 is 10.0 Å². The highest BCUT2D eigenvalue weighted by molar-refractivity contribution is 6.18. The van der Waals surface area contributed by atoms with Gasteiger partial charge in [-0.2, -0.15) is 31.3 Å². The molecule has 1 amide bonds. The quantitative estimate of drug-likeness (QED) is 0.471. The van der Waals surface area contributed by atoms with Crippen LogP contribution in [0.4, 0.5) is 36.4 Å². The monoisotopic (exact) mass is 496 g/mol. The number of hydrogen-bond donors (Lipinski definition) is 1. The number of halogens is 7. The van der Waals surface area contributed by atoms with E-state index in [1.54, 1.807) is 24.3 Å². The van der Waals surface area contributed by atoms with Crippen LogP contribution in [0.15, 0.2) is 77.8 Å². The van der Waals surface area contributed by atoms with Crippen molar-refractivity contribution in [2.75, 3.05) is 4.90 Å². The molecule has 3 aromatic rings. The van der Waals surface area contributed by atoms with E-state index < -0.39 is 35.2 Å². The van der Waals surface area contributed by atoms with Crippen molar-refractivity contribution in [3.05, 3.63) is 101 Å².